The van der Waals surface area contributed by atoms with Crippen molar-refractivity contribution in [1.29, 1.82) is 0 Å². The molecule has 0 unspecified atom stereocenters. The zero-order valence-electron chi connectivity index (χ0n) is 16.5. The van der Waals surface area contributed by atoms with Crippen LogP contribution in [0.25, 0.3) is 11.3 Å². The summed E-state index contributed by atoms with van der Waals surface area (Å²) >= 11 is 0. The number of ether oxygens (including phenoxy) is 1. The first-order valence-corrected chi connectivity index (χ1v) is 9.91. The zero-order chi connectivity index (χ0) is 20.1. The molecule has 1 aliphatic heterocycles. The first-order chi connectivity index (χ1) is 14.2. The van der Waals surface area contributed by atoms with E-state index in [1.54, 1.807) is 31.4 Å². The van der Waals surface area contributed by atoms with Gasteiger partial charge >= 0.3 is 0 Å². The molecule has 29 heavy (non-hydrogen) atoms. The third-order valence-electron chi connectivity index (χ3n) is 5.13. The van der Waals surface area contributed by atoms with E-state index in [-0.39, 0.29) is 11.3 Å². The number of benzene rings is 2. The Hall–Kier alpha value is -3.19. The largest absolute Gasteiger partial charge is 0.497 e. The minimum absolute atomic E-state index is 0.273. The van der Waals surface area contributed by atoms with Gasteiger partial charge in [-0.05, 0) is 67.9 Å². The summed E-state index contributed by atoms with van der Waals surface area (Å²) in [4.78, 5) is 17.7. The number of nitrogens with zero attached hydrogens (tertiary/aromatic N) is 3. The summed E-state index contributed by atoms with van der Waals surface area (Å²) < 4.78 is 5.14. The van der Waals surface area contributed by atoms with Crippen LogP contribution in [0.4, 0.5) is 11.6 Å². The fourth-order valence-corrected chi connectivity index (χ4v) is 3.54. The quantitative estimate of drug-likeness (QED) is 0.668. The van der Waals surface area contributed by atoms with E-state index in [2.05, 4.69) is 37.5 Å². The first kappa shape index (κ1) is 19.1. The topological polar surface area (TPSA) is 83.1 Å². The summed E-state index contributed by atoms with van der Waals surface area (Å²) in [6.45, 7) is 3.34. The molecule has 2 heterocycles. The molecule has 4 rings (SSSR count). The molecule has 0 saturated carbocycles. The van der Waals surface area contributed by atoms with Gasteiger partial charge in [-0.3, -0.25) is 14.7 Å². The average molecular weight is 391 g/mol. The molecule has 2 aromatic carbocycles. The van der Waals surface area contributed by atoms with Gasteiger partial charge in [0.15, 0.2) is 5.69 Å². The highest BCUT2D eigenvalue weighted by atomic mass is 16.5. The Labute approximate surface area is 169 Å². The van der Waals surface area contributed by atoms with Crippen molar-refractivity contribution in [2.24, 2.45) is 0 Å². The SMILES string of the molecule is COc1ccc(-c2nnc(Nc3ccc(CN4CCCCC4)cc3)[nH]c2=O)cc1. The van der Waals surface area contributed by atoms with E-state index < -0.39 is 0 Å². The molecule has 1 aromatic heterocycles. The number of nitrogens with one attached hydrogen (secondary N) is 2. The lowest BCUT2D eigenvalue weighted by Gasteiger charge is -2.26. The van der Waals surface area contributed by atoms with Gasteiger partial charge in [0.2, 0.25) is 5.95 Å². The second-order valence-electron chi connectivity index (χ2n) is 7.24. The smallest absolute Gasteiger partial charge is 0.279 e. The molecule has 1 saturated heterocycles. The molecule has 7 heteroatoms. The summed E-state index contributed by atoms with van der Waals surface area (Å²) in [7, 11) is 1.60. The molecule has 7 nitrogen and oxygen atoms in total. The van der Waals surface area contributed by atoms with E-state index in [1.807, 2.05) is 12.1 Å². The molecule has 2 N–H and O–H groups in total. The van der Waals surface area contributed by atoms with E-state index in [0.717, 1.165) is 18.0 Å². The van der Waals surface area contributed by atoms with Gasteiger partial charge in [-0.15, -0.1) is 10.2 Å². The highest BCUT2D eigenvalue weighted by Crippen LogP contribution is 2.19. The van der Waals surface area contributed by atoms with Crippen LogP contribution in [0.2, 0.25) is 0 Å². The molecule has 0 radical (unpaired) electrons. The van der Waals surface area contributed by atoms with Crippen molar-refractivity contribution in [3.8, 4) is 17.0 Å². The Morgan fingerprint density at radius 1 is 1.00 bits per heavy atom. The van der Waals surface area contributed by atoms with Gasteiger partial charge in [0.05, 0.1) is 7.11 Å². The van der Waals surface area contributed by atoms with Crippen LogP contribution in [0.3, 0.4) is 0 Å². The van der Waals surface area contributed by atoms with Gasteiger partial charge < -0.3 is 10.1 Å². The van der Waals surface area contributed by atoms with Crippen LogP contribution in [0.15, 0.2) is 53.3 Å². The van der Waals surface area contributed by atoms with E-state index >= 15 is 0 Å². The molecular formula is C22H25N5O2. The van der Waals surface area contributed by atoms with Crippen molar-refractivity contribution in [2.75, 3.05) is 25.5 Å². The summed E-state index contributed by atoms with van der Waals surface area (Å²) in [6.07, 6.45) is 3.92. The van der Waals surface area contributed by atoms with E-state index in [4.69, 9.17) is 4.74 Å². The molecule has 0 aliphatic carbocycles. The van der Waals surface area contributed by atoms with Gasteiger partial charge in [-0.1, -0.05) is 18.6 Å². The lowest BCUT2D eigenvalue weighted by molar-refractivity contribution is 0.221. The molecule has 1 aliphatic rings. The molecule has 150 valence electrons. The van der Waals surface area contributed by atoms with Gasteiger partial charge in [0.1, 0.15) is 5.75 Å². The number of likely N-dealkylation sites (tertiary alicyclic amines) is 1. The van der Waals surface area contributed by atoms with E-state index in [0.29, 0.717) is 11.5 Å². The lowest BCUT2D eigenvalue weighted by atomic mass is 10.1. The van der Waals surface area contributed by atoms with Crippen LogP contribution >= 0.6 is 0 Å². The number of hydrogen-bond donors (Lipinski definition) is 2. The number of H-pyrrole nitrogens is 1. The number of rotatable bonds is 6. The standard InChI is InChI=1S/C22H25N5O2/c1-29-19-11-7-17(8-12-19)20-21(28)24-22(26-25-20)23-18-9-5-16(6-10-18)15-27-13-3-2-4-14-27/h5-12H,2-4,13-15H2,1H3,(H2,23,24,26,28). The first-order valence-electron chi connectivity index (χ1n) is 9.91. The Bertz CT molecular complexity index is 993. The third kappa shape index (κ3) is 4.81. The van der Waals surface area contributed by atoms with E-state index in [9.17, 15) is 4.79 Å². The Morgan fingerprint density at radius 2 is 1.72 bits per heavy atom. The maximum absolute atomic E-state index is 12.4. The third-order valence-corrected chi connectivity index (χ3v) is 5.13. The summed E-state index contributed by atoms with van der Waals surface area (Å²) in [6, 6.07) is 15.3. The summed E-state index contributed by atoms with van der Waals surface area (Å²) in [5, 5.41) is 11.3. The van der Waals surface area contributed by atoms with Crippen molar-refractivity contribution in [2.45, 2.75) is 25.8 Å². The summed E-state index contributed by atoms with van der Waals surface area (Å²) in [5.74, 6) is 1.04. The van der Waals surface area contributed by atoms with E-state index in [1.165, 1.54) is 37.9 Å². The summed E-state index contributed by atoms with van der Waals surface area (Å²) in [5.41, 5.74) is 2.80. The van der Waals surface area contributed by atoms with Crippen molar-refractivity contribution in [1.82, 2.24) is 20.1 Å². The highest BCUT2D eigenvalue weighted by molar-refractivity contribution is 5.60. The van der Waals surface area contributed by atoms with Gasteiger partial charge in [-0.2, -0.15) is 0 Å². The molecular weight excluding hydrogens is 366 g/mol. The van der Waals surface area contributed by atoms with Crippen LogP contribution in [0.1, 0.15) is 24.8 Å². The molecule has 0 bridgehead atoms. The normalized spacial score (nSPS) is 14.5. The molecule has 1 fully saturated rings. The zero-order valence-corrected chi connectivity index (χ0v) is 16.5. The van der Waals surface area contributed by atoms with Crippen LogP contribution in [0, 0.1) is 0 Å². The van der Waals surface area contributed by atoms with Crippen molar-refractivity contribution in [3.05, 3.63) is 64.4 Å². The Balaban J connectivity index is 1.42. The van der Waals surface area contributed by atoms with Crippen LogP contribution in [-0.2, 0) is 6.54 Å². The van der Waals surface area contributed by atoms with Crippen molar-refractivity contribution >= 4 is 11.6 Å². The molecule has 0 amide bonds. The maximum Gasteiger partial charge on any atom is 0.279 e. The number of methoxy groups -OCH3 is 1. The molecule has 0 atom stereocenters. The Kier molecular flexibility index (Phi) is 5.86. The van der Waals surface area contributed by atoms with Gasteiger partial charge in [-0.25, -0.2) is 0 Å². The fraction of sp³-hybridized carbons (Fsp3) is 0.318. The second-order valence-corrected chi connectivity index (χ2v) is 7.24. The minimum atomic E-state index is -0.297. The molecule has 3 aromatic rings. The lowest BCUT2D eigenvalue weighted by Crippen LogP contribution is -2.29. The van der Waals surface area contributed by atoms with Crippen molar-refractivity contribution < 1.29 is 4.74 Å². The number of hydrogen-bond acceptors (Lipinski definition) is 6. The Morgan fingerprint density at radius 3 is 2.38 bits per heavy atom. The van der Waals surface area contributed by atoms with Crippen molar-refractivity contribution in [3.63, 3.8) is 0 Å². The van der Waals surface area contributed by atoms with Crippen LogP contribution < -0.4 is 15.6 Å². The average Bonchev–Trinajstić information content (AvgIpc) is 2.76. The second kappa shape index (κ2) is 8.87. The monoisotopic (exact) mass is 391 g/mol. The minimum Gasteiger partial charge on any atom is -0.497 e. The predicted octanol–water partition coefficient (Wildman–Crippen LogP) is 3.57. The number of aromatic nitrogens is 3. The predicted molar refractivity (Wildman–Crippen MR) is 113 cm³/mol. The number of anilines is 2. The highest BCUT2D eigenvalue weighted by Gasteiger charge is 2.11. The maximum atomic E-state index is 12.4. The van der Waals surface area contributed by atoms with Crippen LogP contribution in [-0.4, -0.2) is 40.3 Å². The molecule has 0 spiro atoms. The van der Waals surface area contributed by atoms with Gasteiger partial charge in [0, 0.05) is 17.8 Å². The number of piperidine rings is 1. The van der Waals surface area contributed by atoms with Gasteiger partial charge in [0.25, 0.3) is 5.56 Å². The number of aromatic amines is 1. The van der Waals surface area contributed by atoms with Crippen LogP contribution in [0.5, 0.6) is 5.75 Å². The fourth-order valence-electron chi connectivity index (χ4n) is 3.54.